The second-order valence-corrected chi connectivity index (χ2v) is 9.63. The summed E-state index contributed by atoms with van der Waals surface area (Å²) in [5.74, 6) is 1.50. The number of carbonyl (C=O) groups is 1. The molecule has 0 saturated heterocycles. The highest BCUT2D eigenvalue weighted by Crippen LogP contribution is 2.42. The van der Waals surface area contributed by atoms with Crippen molar-refractivity contribution in [1.29, 1.82) is 0 Å². The predicted molar refractivity (Wildman–Crippen MR) is 141 cm³/mol. The second-order valence-electron chi connectivity index (χ2n) is 9.19. The molecule has 6 nitrogen and oxygen atoms in total. The molecule has 1 aromatic heterocycles. The molecule has 184 valence electrons. The lowest BCUT2D eigenvalue weighted by molar-refractivity contribution is 0.0971. The Kier molecular flexibility index (Phi) is 6.46. The third kappa shape index (κ3) is 4.33. The van der Waals surface area contributed by atoms with Gasteiger partial charge in [-0.05, 0) is 72.5 Å². The van der Waals surface area contributed by atoms with Crippen LogP contribution in [-0.2, 0) is 0 Å². The lowest BCUT2D eigenvalue weighted by atomic mass is 9.98. The van der Waals surface area contributed by atoms with Gasteiger partial charge in [0.15, 0.2) is 5.43 Å². The number of carbonyl (C=O) groups excluding carboxylic acids is 1. The van der Waals surface area contributed by atoms with Gasteiger partial charge < -0.3 is 13.9 Å². The van der Waals surface area contributed by atoms with Gasteiger partial charge >= 0.3 is 0 Å². The molecular formula is C29H26ClNO5. The number of nitrogens with zero attached hydrogens (tertiary/aromatic N) is 1. The van der Waals surface area contributed by atoms with Crippen LogP contribution in [0.4, 0.5) is 5.69 Å². The van der Waals surface area contributed by atoms with Gasteiger partial charge in [-0.1, -0.05) is 37.6 Å². The molecule has 4 aromatic rings. The number of benzene rings is 3. The number of methoxy groups -OCH3 is 1. The quantitative estimate of drug-likeness (QED) is 0.283. The van der Waals surface area contributed by atoms with Gasteiger partial charge in [0.05, 0.1) is 30.7 Å². The molecule has 1 amide bonds. The average molecular weight is 504 g/mol. The van der Waals surface area contributed by atoms with Crippen molar-refractivity contribution in [2.45, 2.75) is 26.3 Å². The van der Waals surface area contributed by atoms with Crippen LogP contribution in [0, 0.1) is 5.92 Å². The summed E-state index contributed by atoms with van der Waals surface area (Å²) < 4.78 is 17.3. The summed E-state index contributed by atoms with van der Waals surface area (Å²) in [5.41, 5.74) is 1.68. The highest BCUT2D eigenvalue weighted by molar-refractivity contribution is 6.31. The number of halogens is 1. The predicted octanol–water partition coefficient (Wildman–Crippen LogP) is 6.63. The van der Waals surface area contributed by atoms with E-state index in [9.17, 15) is 9.59 Å². The molecule has 3 aromatic carbocycles. The fourth-order valence-corrected chi connectivity index (χ4v) is 4.63. The van der Waals surface area contributed by atoms with E-state index in [4.69, 9.17) is 25.5 Å². The number of anilines is 1. The molecule has 0 bridgehead atoms. The van der Waals surface area contributed by atoms with Gasteiger partial charge in [-0.25, -0.2) is 0 Å². The maximum Gasteiger partial charge on any atom is 0.295 e. The number of rotatable bonds is 7. The van der Waals surface area contributed by atoms with Crippen LogP contribution < -0.4 is 19.8 Å². The van der Waals surface area contributed by atoms with Gasteiger partial charge in [-0.2, -0.15) is 0 Å². The molecule has 0 N–H and O–H groups in total. The molecule has 1 unspecified atom stereocenters. The summed E-state index contributed by atoms with van der Waals surface area (Å²) in [6.07, 6.45) is 0.920. The van der Waals surface area contributed by atoms with E-state index < -0.39 is 6.04 Å². The van der Waals surface area contributed by atoms with Crippen molar-refractivity contribution >= 4 is 34.2 Å². The van der Waals surface area contributed by atoms with E-state index in [-0.39, 0.29) is 22.7 Å². The van der Waals surface area contributed by atoms with Crippen LogP contribution in [0.3, 0.4) is 0 Å². The number of hydrogen-bond acceptors (Lipinski definition) is 5. The lowest BCUT2D eigenvalue weighted by Gasteiger charge is -2.25. The Morgan fingerprint density at radius 2 is 1.78 bits per heavy atom. The van der Waals surface area contributed by atoms with Crippen molar-refractivity contribution < 1.29 is 18.7 Å². The lowest BCUT2D eigenvalue weighted by Crippen LogP contribution is -2.29. The normalized spacial score (nSPS) is 15.0. The summed E-state index contributed by atoms with van der Waals surface area (Å²) in [7, 11) is 1.58. The fraction of sp³-hybridized carbons (Fsp3) is 0.241. The van der Waals surface area contributed by atoms with Crippen molar-refractivity contribution in [2.24, 2.45) is 5.92 Å². The first-order valence-corrected chi connectivity index (χ1v) is 12.2. The van der Waals surface area contributed by atoms with Crippen LogP contribution in [0.5, 0.6) is 11.5 Å². The van der Waals surface area contributed by atoms with Gasteiger partial charge in [0, 0.05) is 10.7 Å². The minimum Gasteiger partial charge on any atom is -0.497 e. The molecule has 0 saturated carbocycles. The zero-order chi connectivity index (χ0) is 25.4. The van der Waals surface area contributed by atoms with E-state index in [0.29, 0.717) is 45.7 Å². The SMILES string of the molecule is COc1ccc(N2C(=O)c3oc4ccc(Cl)cc4c(=O)c3C2c2cccc(OCCC(C)C)c2)cc1. The zero-order valence-corrected chi connectivity index (χ0v) is 21.0. The summed E-state index contributed by atoms with van der Waals surface area (Å²) in [4.78, 5) is 29.1. The van der Waals surface area contributed by atoms with E-state index in [1.807, 2.05) is 24.3 Å². The minimum atomic E-state index is -0.700. The summed E-state index contributed by atoms with van der Waals surface area (Å²) in [5, 5.41) is 0.753. The zero-order valence-electron chi connectivity index (χ0n) is 20.3. The number of hydrogen-bond donors (Lipinski definition) is 0. The standard InChI is InChI=1S/C29H26ClNO5/c1-17(2)13-14-35-22-6-4-5-18(15-22)26-25-27(32)23-16-19(30)7-12-24(23)36-28(25)29(33)31(26)20-8-10-21(34-3)11-9-20/h4-12,15-17,26H,13-14H2,1-3H3. The Balaban J connectivity index is 1.67. The molecule has 1 aliphatic heterocycles. The molecule has 1 atom stereocenters. The third-order valence-corrected chi connectivity index (χ3v) is 6.56. The first-order chi connectivity index (χ1) is 17.4. The molecule has 7 heteroatoms. The molecule has 0 spiro atoms. The molecule has 0 fully saturated rings. The van der Waals surface area contributed by atoms with E-state index in [0.717, 1.165) is 12.0 Å². The van der Waals surface area contributed by atoms with Crippen molar-refractivity contribution in [3.8, 4) is 11.5 Å². The van der Waals surface area contributed by atoms with Crippen molar-refractivity contribution in [3.05, 3.63) is 98.9 Å². The molecular weight excluding hydrogens is 478 g/mol. The van der Waals surface area contributed by atoms with Crippen LogP contribution >= 0.6 is 11.6 Å². The smallest absolute Gasteiger partial charge is 0.295 e. The summed E-state index contributed by atoms with van der Waals surface area (Å²) >= 11 is 6.18. The molecule has 0 radical (unpaired) electrons. The molecule has 2 heterocycles. The third-order valence-electron chi connectivity index (χ3n) is 6.32. The first kappa shape index (κ1) is 23.9. The van der Waals surface area contributed by atoms with Gasteiger partial charge in [-0.15, -0.1) is 0 Å². The van der Waals surface area contributed by atoms with E-state index in [1.165, 1.54) is 0 Å². The largest absolute Gasteiger partial charge is 0.497 e. The highest BCUT2D eigenvalue weighted by atomic mass is 35.5. The van der Waals surface area contributed by atoms with Crippen LogP contribution in [-0.4, -0.2) is 19.6 Å². The molecule has 36 heavy (non-hydrogen) atoms. The molecule has 1 aliphatic rings. The maximum absolute atomic E-state index is 13.8. The van der Waals surface area contributed by atoms with Crippen LogP contribution in [0.15, 0.2) is 75.9 Å². The molecule has 0 aliphatic carbocycles. The van der Waals surface area contributed by atoms with E-state index >= 15 is 0 Å². The maximum atomic E-state index is 13.8. The van der Waals surface area contributed by atoms with Crippen LogP contribution in [0.1, 0.15) is 48.0 Å². The Morgan fingerprint density at radius 1 is 1.00 bits per heavy atom. The molecule has 5 rings (SSSR count). The van der Waals surface area contributed by atoms with Crippen molar-refractivity contribution in [1.82, 2.24) is 0 Å². The van der Waals surface area contributed by atoms with Gasteiger partial charge in [0.1, 0.15) is 17.1 Å². The second kappa shape index (κ2) is 9.70. The summed E-state index contributed by atoms with van der Waals surface area (Å²) in [6, 6.07) is 18.8. The van der Waals surface area contributed by atoms with Gasteiger partial charge in [0.25, 0.3) is 5.91 Å². The van der Waals surface area contributed by atoms with E-state index in [1.54, 1.807) is 54.5 Å². The van der Waals surface area contributed by atoms with Gasteiger partial charge in [-0.3, -0.25) is 14.5 Å². The number of amides is 1. The number of fused-ring (bicyclic) bond motifs is 2. The first-order valence-electron chi connectivity index (χ1n) is 11.8. The Hall–Kier alpha value is -3.77. The van der Waals surface area contributed by atoms with Gasteiger partial charge in [0.2, 0.25) is 5.76 Å². The monoisotopic (exact) mass is 503 g/mol. The Morgan fingerprint density at radius 3 is 2.50 bits per heavy atom. The topological polar surface area (TPSA) is 69.0 Å². The minimum absolute atomic E-state index is 0.0294. The fourth-order valence-electron chi connectivity index (χ4n) is 4.46. The highest BCUT2D eigenvalue weighted by Gasteiger charge is 2.43. The van der Waals surface area contributed by atoms with E-state index in [2.05, 4.69) is 13.8 Å². The Labute approximate surface area is 214 Å². The number of ether oxygens (including phenoxy) is 2. The van der Waals surface area contributed by atoms with Crippen molar-refractivity contribution in [3.63, 3.8) is 0 Å². The summed E-state index contributed by atoms with van der Waals surface area (Å²) in [6.45, 7) is 4.86. The van der Waals surface area contributed by atoms with Crippen LogP contribution in [0.25, 0.3) is 11.0 Å². The Bertz CT molecular complexity index is 1490. The van der Waals surface area contributed by atoms with Crippen LogP contribution in [0.2, 0.25) is 5.02 Å². The van der Waals surface area contributed by atoms with Crippen molar-refractivity contribution in [2.75, 3.05) is 18.6 Å². The average Bonchev–Trinajstić information content (AvgIpc) is 3.17.